The Labute approximate surface area is 234 Å². The van der Waals surface area contributed by atoms with Crippen molar-refractivity contribution in [2.24, 2.45) is 11.7 Å². The van der Waals surface area contributed by atoms with Gasteiger partial charge < -0.3 is 15.1 Å². The predicted molar refractivity (Wildman–Crippen MR) is 150 cm³/mol. The standard InChI is InChI=1S/C31H29F3N4O3/c1-17(2)27(37(14-13-35)30(39)21-11-9-18(3)24(33)25(21)34)29-36-26-22-15-20(32)10-12-23(22)41-28(26)31(40)38(29)16-19-7-5-4-6-8-19/h4-12,15,17,27H,13-14,16,35H2,1-3H3/t27-/m1/s1. The zero-order chi connectivity index (χ0) is 29.4. The number of carbonyl (C=O) groups is 1. The first-order valence-electron chi connectivity index (χ1n) is 13.2. The van der Waals surface area contributed by atoms with Crippen LogP contribution >= 0.6 is 0 Å². The van der Waals surface area contributed by atoms with E-state index >= 15 is 4.39 Å². The molecule has 1 amide bonds. The van der Waals surface area contributed by atoms with Crippen molar-refractivity contribution in [3.8, 4) is 0 Å². The molecule has 212 valence electrons. The van der Waals surface area contributed by atoms with E-state index in [9.17, 15) is 18.4 Å². The van der Waals surface area contributed by atoms with Crippen molar-refractivity contribution in [1.29, 1.82) is 0 Å². The number of rotatable bonds is 8. The summed E-state index contributed by atoms with van der Waals surface area (Å²) < 4.78 is 51.0. The Morgan fingerprint density at radius 3 is 2.46 bits per heavy atom. The Bertz CT molecular complexity index is 1820. The maximum absolute atomic E-state index is 15.0. The number of furan rings is 1. The highest BCUT2D eigenvalue weighted by molar-refractivity contribution is 6.02. The number of amides is 1. The SMILES string of the molecule is Cc1ccc(C(=O)N(CCN)[C@@H](c2nc3c(oc4ccc(F)cc43)c(=O)n2Cc2ccccc2)C(C)C)c(F)c1F. The molecule has 0 aliphatic rings. The number of aromatic nitrogens is 2. The highest BCUT2D eigenvalue weighted by Crippen LogP contribution is 2.33. The van der Waals surface area contributed by atoms with Crippen LogP contribution in [0.2, 0.25) is 0 Å². The van der Waals surface area contributed by atoms with Gasteiger partial charge in [-0.1, -0.05) is 50.2 Å². The van der Waals surface area contributed by atoms with Crippen molar-refractivity contribution in [1.82, 2.24) is 14.5 Å². The molecule has 0 bridgehead atoms. The molecule has 1 atom stereocenters. The van der Waals surface area contributed by atoms with Gasteiger partial charge in [0, 0.05) is 18.5 Å². The van der Waals surface area contributed by atoms with Crippen LogP contribution in [0.3, 0.4) is 0 Å². The summed E-state index contributed by atoms with van der Waals surface area (Å²) in [6, 6.07) is 14.7. The largest absolute Gasteiger partial charge is 0.448 e. The molecule has 5 aromatic rings. The molecule has 0 unspecified atom stereocenters. The first kappa shape index (κ1) is 28.1. The lowest BCUT2D eigenvalue weighted by molar-refractivity contribution is 0.0606. The van der Waals surface area contributed by atoms with E-state index < -0.39 is 40.5 Å². The number of fused-ring (bicyclic) bond motifs is 3. The Morgan fingerprint density at radius 2 is 1.78 bits per heavy atom. The number of nitrogens with zero attached hydrogens (tertiary/aromatic N) is 3. The second-order valence-electron chi connectivity index (χ2n) is 10.3. The number of nitrogens with two attached hydrogens (primary N) is 1. The molecule has 2 heterocycles. The number of carbonyl (C=O) groups excluding carboxylic acids is 1. The van der Waals surface area contributed by atoms with Gasteiger partial charge in [0.1, 0.15) is 22.7 Å². The quantitative estimate of drug-likeness (QED) is 0.261. The van der Waals surface area contributed by atoms with E-state index in [-0.39, 0.29) is 53.6 Å². The second-order valence-corrected chi connectivity index (χ2v) is 10.3. The van der Waals surface area contributed by atoms with Crippen LogP contribution in [0, 0.1) is 30.3 Å². The van der Waals surface area contributed by atoms with Crippen molar-refractivity contribution < 1.29 is 22.4 Å². The summed E-state index contributed by atoms with van der Waals surface area (Å²) in [6.07, 6.45) is 0. The van der Waals surface area contributed by atoms with Crippen LogP contribution in [0.15, 0.2) is 69.9 Å². The monoisotopic (exact) mass is 562 g/mol. The van der Waals surface area contributed by atoms with Crippen LogP contribution in [0.4, 0.5) is 13.2 Å². The van der Waals surface area contributed by atoms with Gasteiger partial charge in [-0.2, -0.15) is 0 Å². The van der Waals surface area contributed by atoms with Crippen LogP contribution in [0.25, 0.3) is 22.1 Å². The van der Waals surface area contributed by atoms with E-state index in [1.165, 1.54) is 46.7 Å². The molecular weight excluding hydrogens is 533 g/mol. The van der Waals surface area contributed by atoms with Crippen LogP contribution in [0.1, 0.15) is 47.2 Å². The molecule has 3 aromatic carbocycles. The van der Waals surface area contributed by atoms with E-state index in [4.69, 9.17) is 15.1 Å². The number of hydrogen-bond acceptors (Lipinski definition) is 5. The fourth-order valence-corrected chi connectivity index (χ4v) is 5.13. The molecule has 0 aliphatic heterocycles. The summed E-state index contributed by atoms with van der Waals surface area (Å²) in [6.45, 7) is 5.12. The number of aryl methyl sites for hydroxylation is 1. The molecule has 0 radical (unpaired) electrons. The van der Waals surface area contributed by atoms with Crippen LogP contribution in [0.5, 0.6) is 0 Å². The van der Waals surface area contributed by atoms with Crippen molar-refractivity contribution in [3.05, 3.63) is 111 Å². The van der Waals surface area contributed by atoms with Gasteiger partial charge in [-0.05, 0) is 48.2 Å². The fourth-order valence-electron chi connectivity index (χ4n) is 5.13. The number of benzene rings is 3. The molecular formula is C31H29F3N4O3. The third-order valence-corrected chi connectivity index (χ3v) is 7.12. The Hall–Kier alpha value is -4.44. The van der Waals surface area contributed by atoms with Gasteiger partial charge in [-0.15, -0.1) is 0 Å². The highest BCUT2D eigenvalue weighted by Gasteiger charge is 2.35. The summed E-state index contributed by atoms with van der Waals surface area (Å²) in [5.41, 5.74) is 6.13. The Morgan fingerprint density at radius 1 is 1.05 bits per heavy atom. The summed E-state index contributed by atoms with van der Waals surface area (Å²) >= 11 is 0. The lowest BCUT2D eigenvalue weighted by Gasteiger charge is -2.35. The summed E-state index contributed by atoms with van der Waals surface area (Å²) in [7, 11) is 0. The topological polar surface area (TPSA) is 94.4 Å². The minimum atomic E-state index is -1.26. The molecule has 0 saturated carbocycles. The Kier molecular flexibility index (Phi) is 7.68. The van der Waals surface area contributed by atoms with Gasteiger partial charge in [0.15, 0.2) is 11.6 Å². The minimum Gasteiger partial charge on any atom is -0.448 e. The molecule has 10 heteroatoms. The third-order valence-electron chi connectivity index (χ3n) is 7.12. The van der Waals surface area contributed by atoms with Crippen molar-refractivity contribution in [2.45, 2.75) is 33.4 Å². The van der Waals surface area contributed by atoms with Gasteiger partial charge in [-0.25, -0.2) is 18.2 Å². The lowest BCUT2D eigenvalue weighted by atomic mass is 9.98. The third kappa shape index (κ3) is 5.11. The van der Waals surface area contributed by atoms with Crippen molar-refractivity contribution in [3.63, 3.8) is 0 Å². The maximum atomic E-state index is 15.0. The second kappa shape index (κ2) is 11.2. The van der Waals surface area contributed by atoms with Gasteiger partial charge in [0.2, 0.25) is 5.58 Å². The van der Waals surface area contributed by atoms with Gasteiger partial charge in [0.05, 0.1) is 18.2 Å². The summed E-state index contributed by atoms with van der Waals surface area (Å²) in [4.78, 5) is 34.0. The molecule has 2 N–H and O–H groups in total. The molecule has 7 nitrogen and oxygen atoms in total. The average molecular weight is 563 g/mol. The zero-order valence-corrected chi connectivity index (χ0v) is 22.8. The predicted octanol–water partition coefficient (Wildman–Crippen LogP) is 5.71. The van der Waals surface area contributed by atoms with Crippen molar-refractivity contribution >= 4 is 28.0 Å². The van der Waals surface area contributed by atoms with E-state index in [0.29, 0.717) is 5.39 Å². The van der Waals surface area contributed by atoms with Gasteiger partial charge in [0.25, 0.3) is 11.5 Å². The number of halogens is 3. The van der Waals surface area contributed by atoms with Crippen molar-refractivity contribution in [2.75, 3.05) is 13.1 Å². The molecule has 0 fully saturated rings. The van der Waals surface area contributed by atoms with E-state index in [2.05, 4.69) is 0 Å². The summed E-state index contributed by atoms with van der Waals surface area (Å²) in [5, 5.41) is 0.302. The first-order valence-corrected chi connectivity index (χ1v) is 13.2. The highest BCUT2D eigenvalue weighted by atomic mass is 19.2. The Balaban J connectivity index is 1.78. The van der Waals surface area contributed by atoms with Gasteiger partial charge >= 0.3 is 0 Å². The van der Waals surface area contributed by atoms with Crippen LogP contribution in [-0.4, -0.2) is 33.4 Å². The minimum absolute atomic E-state index is 0.00986. The fraction of sp³-hybridized carbons (Fsp3) is 0.258. The first-order chi connectivity index (χ1) is 19.6. The summed E-state index contributed by atoms with van der Waals surface area (Å²) in [5.74, 6) is -3.88. The van der Waals surface area contributed by atoms with E-state index in [0.717, 1.165) is 5.56 Å². The molecule has 5 rings (SSSR count). The van der Waals surface area contributed by atoms with Gasteiger partial charge in [-0.3, -0.25) is 14.2 Å². The maximum Gasteiger partial charge on any atom is 0.297 e. The molecule has 0 aliphatic carbocycles. The molecule has 0 spiro atoms. The smallest absolute Gasteiger partial charge is 0.297 e. The zero-order valence-electron chi connectivity index (χ0n) is 22.8. The molecule has 41 heavy (non-hydrogen) atoms. The van der Waals surface area contributed by atoms with Crippen LogP contribution in [-0.2, 0) is 6.54 Å². The number of hydrogen-bond donors (Lipinski definition) is 1. The molecule has 0 saturated heterocycles. The van der Waals surface area contributed by atoms with E-state index in [1.54, 1.807) is 0 Å². The van der Waals surface area contributed by atoms with E-state index in [1.807, 2.05) is 44.2 Å². The molecule has 2 aromatic heterocycles. The average Bonchev–Trinajstić information content (AvgIpc) is 3.31. The lowest BCUT2D eigenvalue weighted by Crippen LogP contribution is -2.44. The van der Waals surface area contributed by atoms with Crippen LogP contribution < -0.4 is 11.3 Å². The normalized spacial score (nSPS) is 12.4.